The van der Waals surface area contributed by atoms with E-state index in [0.717, 1.165) is 44.1 Å². The highest BCUT2D eigenvalue weighted by Crippen LogP contribution is 2.42. The second-order valence-corrected chi connectivity index (χ2v) is 12.7. The van der Waals surface area contributed by atoms with Crippen molar-refractivity contribution in [3.8, 4) is 16.9 Å². The minimum absolute atomic E-state index is 0.126. The quantitative estimate of drug-likeness (QED) is 0.183. The number of rotatable bonds is 10. The third kappa shape index (κ3) is 7.59. The van der Waals surface area contributed by atoms with Crippen LogP contribution in [0.2, 0.25) is 0 Å². The number of nitrogens with zero attached hydrogens (tertiary/aromatic N) is 3. The smallest absolute Gasteiger partial charge is 0.414 e. The fourth-order valence-corrected chi connectivity index (χ4v) is 6.21. The van der Waals surface area contributed by atoms with Crippen LogP contribution < -0.4 is 15.0 Å². The van der Waals surface area contributed by atoms with Crippen LogP contribution in [0.1, 0.15) is 27.0 Å². The van der Waals surface area contributed by atoms with Crippen molar-refractivity contribution in [1.29, 1.82) is 0 Å². The first-order valence-corrected chi connectivity index (χ1v) is 16.4. The number of hydrogen-bond acceptors (Lipinski definition) is 8. The first kappa shape index (κ1) is 31.1. The molecule has 2 N–H and O–H groups in total. The first-order valence-electron chi connectivity index (χ1n) is 13.8. The maximum absolute atomic E-state index is 13.1. The van der Waals surface area contributed by atoms with Gasteiger partial charge in [0.25, 0.3) is 16.0 Å². The number of ether oxygens (including phenoxy) is 2. The van der Waals surface area contributed by atoms with E-state index in [1.165, 1.54) is 0 Å². The van der Waals surface area contributed by atoms with E-state index in [0.29, 0.717) is 18.8 Å². The van der Waals surface area contributed by atoms with Crippen molar-refractivity contribution in [3.05, 3.63) is 95.3 Å². The lowest BCUT2D eigenvalue weighted by molar-refractivity contribution is 0.0958. The highest BCUT2D eigenvalue weighted by molar-refractivity contribution is 7.99. The summed E-state index contributed by atoms with van der Waals surface area (Å²) in [5.74, 6) is 0.00361. The molecule has 0 radical (unpaired) electrons. The maximum atomic E-state index is 13.1. The molecule has 0 saturated heterocycles. The average Bonchev–Trinajstić information content (AvgIpc) is 3.47. The van der Waals surface area contributed by atoms with Gasteiger partial charge in [0, 0.05) is 40.1 Å². The van der Waals surface area contributed by atoms with Crippen molar-refractivity contribution in [2.45, 2.75) is 25.3 Å². The van der Waals surface area contributed by atoms with Crippen LogP contribution in [0.4, 0.5) is 10.5 Å². The molecule has 2 amide bonds. The molecule has 0 unspecified atom stereocenters. The Morgan fingerprint density at radius 2 is 1.86 bits per heavy atom. The van der Waals surface area contributed by atoms with E-state index in [-0.39, 0.29) is 18.8 Å². The van der Waals surface area contributed by atoms with E-state index in [1.807, 2.05) is 62.5 Å². The molecule has 5 rings (SSSR count). The highest BCUT2D eigenvalue weighted by atomic mass is 32.2. The second kappa shape index (κ2) is 13.5. The SMILES string of the molecule is Cc1cccc(OCCOC(=O)N2CCSc3c(-c4cnn(Cc5cccc(C(=O)NCS(=O)(=O)O)c5)c4)cccc32)c1C. The summed E-state index contributed by atoms with van der Waals surface area (Å²) in [6, 6.07) is 18.4. The number of aromatic nitrogens is 2. The minimum Gasteiger partial charge on any atom is -0.490 e. The van der Waals surface area contributed by atoms with Gasteiger partial charge in [-0.3, -0.25) is 18.9 Å². The summed E-state index contributed by atoms with van der Waals surface area (Å²) in [5.41, 5.74) is 5.82. The number of hydrogen-bond donors (Lipinski definition) is 2. The van der Waals surface area contributed by atoms with Gasteiger partial charge in [0.2, 0.25) is 0 Å². The lowest BCUT2D eigenvalue weighted by atomic mass is 10.1. The molecule has 0 fully saturated rings. The Balaban J connectivity index is 1.24. The van der Waals surface area contributed by atoms with Crippen LogP contribution in [0.3, 0.4) is 0 Å². The monoisotopic (exact) mass is 636 g/mol. The number of amides is 2. The van der Waals surface area contributed by atoms with Gasteiger partial charge in [-0.15, -0.1) is 11.8 Å². The topological polar surface area (TPSA) is 140 Å². The number of carbonyl (C=O) groups excluding carboxylic acids is 2. The van der Waals surface area contributed by atoms with Gasteiger partial charge in [-0.25, -0.2) is 4.79 Å². The molecule has 0 bridgehead atoms. The van der Waals surface area contributed by atoms with Crippen molar-refractivity contribution < 1.29 is 32.0 Å². The van der Waals surface area contributed by atoms with E-state index in [1.54, 1.807) is 45.7 Å². The molecule has 13 heteroatoms. The molecule has 0 aliphatic carbocycles. The molecular formula is C31H32N4O7S2. The molecule has 230 valence electrons. The molecule has 0 spiro atoms. The average molecular weight is 637 g/mol. The van der Waals surface area contributed by atoms with Crippen LogP contribution in [0.25, 0.3) is 11.1 Å². The second-order valence-electron chi connectivity index (χ2n) is 10.2. The van der Waals surface area contributed by atoms with Crippen molar-refractivity contribution in [3.63, 3.8) is 0 Å². The third-order valence-corrected chi connectivity index (χ3v) is 8.69. The van der Waals surface area contributed by atoms with Crippen LogP contribution in [-0.4, -0.2) is 66.1 Å². The van der Waals surface area contributed by atoms with Gasteiger partial charge in [-0.2, -0.15) is 13.5 Å². The van der Waals surface area contributed by atoms with Crippen molar-refractivity contribution in [1.82, 2.24) is 15.1 Å². The number of benzene rings is 3. The molecule has 1 aliphatic rings. The molecule has 3 aromatic carbocycles. The zero-order valence-electron chi connectivity index (χ0n) is 24.2. The summed E-state index contributed by atoms with van der Waals surface area (Å²) in [4.78, 5) is 28.0. The van der Waals surface area contributed by atoms with Gasteiger partial charge in [0.05, 0.1) is 18.4 Å². The lowest BCUT2D eigenvalue weighted by Gasteiger charge is -2.29. The van der Waals surface area contributed by atoms with Crippen LogP contribution in [0.15, 0.2) is 78.0 Å². The predicted molar refractivity (Wildman–Crippen MR) is 168 cm³/mol. The zero-order valence-corrected chi connectivity index (χ0v) is 25.9. The minimum atomic E-state index is -4.32. The number of nitrogens with one attached hydrogen (secondary N) is 1. The van der Waals surface area contributed by atoms with E-state index in [4.69, 9.17) is 14.0 Å². The van der Waals surface area contributed by atoms with E-state index >= 15 is 0 Å². The van der Waals surface area contributed by atoms with E-state index in [9.17, 15) is 18.0 Å². The van der Waals surface area contributed by atoms with Gasteiger partial charge < -0.3 is 14.8 Å². The van der Waals surface area contributed by atoms with Crippen molar-refractivity contribution >= 4 is 39.6 Å². The van der Waals surface area contributed by atoms with Crippen molar-refractivity contribution in [2.75, 3.05) is 36.3 Å². The Morgan fingerprint density at radius 1 is 1.07 bits per heavy atom. The number of aryl methyl sites for hydroxylation is 1. The summed E-state index contributed by atoms with van der Waals surface area (Å²) < 4.78 is 43.9. The molecule has 11 nitrogen and oxygen atoms in total. The molecule has 4 aromatic rings. The van der Waals surface area contributed by atoms with Gasteiger partial charge in [0.1, 0.15) is 24.8 Å². The van der Waals surface area contributed by atoms with Gasteiger partial charge >= 0.3 is 6.09 Å². The Kier molecular flexibility index (Phi) is 9.57. The van der Waals surface area contributed by atoms with Crippen LogP contribution in [0, 0.1) is 13.8 Å². The summed E-state index contributed by atoms with van der Waals surface area (Å²) in [5, 5.41) is 6.67. The molecule has 0 atom stereocenters. The summed E-state index contributed by atoms with van der Waals surface area (Å²) in [6.45, 7) is 5.28. The standard InChI is InChI=1S/C31H32N4O7S2/c1-21-6-3-11-28(22(21)2)41-13-14-42-31(37)35-12-15-43-29-26(9-5-10-27(29)35)25-17-33-34(19-25)18-23-7-4-8-24(16-23)30(36)32-20-44(38,39)40/h3-11,16-17,19H,12-15,18,20H2,1-2H3,(H,32,36)(H,38,39,40). The third-order valence-electron chi connectivity index (χ3n) is 7.08. The summed E-state index contributed by atoms with van der Waals surface area (Å²) in [6.07, 6.45) is 3.22. The fourth-order valence-electron chi connectivity index (χ4n) is 4.75. The molecule has 1 aromatic heterocycles. The Bertz CT molecular complexity index is 1790. The molecule has 44 heavy (non-hydrogen) atoms. The lowest BCUT2D eigenvalue weighted by Crippen LogP contribution is -2.36. The largest absolute Gasteiger partial charge is 0.490 e. The number of anilines is 1. The Morgan fingerprint density at radius 3 is 2.68 bits per heavy atom. The fraction of sp³-hybridized carbons (Fsp3) is 0.258. The molecule has 1 aliphatic heterocycles. The summed E-state index contributed by atoms with van der Waals surface area (Å²) in [7, 11) is -4.32. The molecular weight excluding hydrogens is 604 g/mol. The van der Waals surface area contributed by atoms with Gasteiger partial charge in [-0.05, 0) is 54.8 Å². The number of fused-ring (bicyclic) bond motifs is 1. The predicted octanol–water partition coefficient (Wildman–Crippen LogP) is 4.92. The zero-order chi connectivity index (χ0) is 31.3. The van der Waals surface area contributed by atoms with Gasteiger partial charge in [0.15, 0.2) is 0 Å². The normalized spacial score (nSPS) is 12.8. The molecule has 2 heterocycles. The Labute approximate surface area is 259 Å². The number of carbonyl (C=O) groups is 2. The van der Waals surface area contributed by atoms with Crippen LogP contribution >= 0.6 is 11.8 Å². The van der Waals surface area contributed by atoms with E-state index in [2.05, 4.69) is 10.4 Å². The Hall–Kier alpha value is -4.33. The van der Waals surface area contributed by atoms with Crippen LogP contribution in [0.5, 0.6) is 5.75 Å². The summed E-state index contributed by atoms with van der Waals surface area (Å²) >= 11 is 1.67. The van der Waals surface area contributed by atoms with Gasteiger partial charge in [-0.1, -0.05) is 36.4 Å². The first-order chi connectivity index (χ1) is 21.1. The molecule has 0 saturated carbocycles. The van der Waals surface area contributed by atoms with Crippen molar-refractivity contribution in [2.24, 2.45) is 0 Å². The maximum Gasteiger partial charge on any atom is 0.414 e. The van der Waals surface area contributed by atoms with E-state index < -0.39 is 28.0 Å². The number of thioether (sulfide) groups is 1. The highest BCUT2D eigenvalue weighted by Gasteiger charge is 2.26. The van der Waals surface area contributed by atoms with Crippen LogP contribution in [-0.2, 0) is 21.4 Å².